The second-order valence-corrected chi connectivity index (χ2v) is 6.42. The zero-order valence-electron chi connectivity index (χ0n) is 13.6. The largest absolute Gasteiger partial charge is 0.478 e. The monoisotopic (exact) mass is 361 g/mol. The Morgan fingerprint density at radius 3 is 2.46 bits per heavy atom. The number of aromatic amines is 1. The normalized spacial score (nSPS) is 12.2. The molecule has 0 saturated carbocycles. The van der Waals surface area contributed by atoms with Gasteiger partial charge in [0.1, 0.15) is 5.82 Å². The smallest absolute Gasteiger partial charge is 0.335 e. The van der Waals surface area contributed by atoms with Crippen molar-refractivity contribution in [3.8, 4) is 11.4 Å². The summed E-state index contributed by atoms with van der Waals surface area (Å²) in [5.41, 5.74) is 4.72. The molecule has 128 valence electrons. The highest BCUT2D eigenvalue weighted by atomic mass is 32.1. The van der Waals surface area contributed by atoms with E-state index in [2.05, 4.69) is 27.6 Å². The first-order chi connectivity index (χ1) is 12.6. The molecular weight excluding hydrogens is 346 g/mol. The minimum absolute atomic E-state index is 0.234. The molecule has 4 aromatic rings. The van der Waals surface area contributed by atoms with Gasteiger partial charge in [-0.05, 0) is 42.0 Å². The topological polar surface area (TPSA) is 78.9 Å². The third kappa shape index (κ3) is 3.07. The number of benzene rings is 2. The molecule has 2 aromatic heterocycles. The molecule has 5 nitrogen and oxygen atoms in total. The summed E-state index contributed by atoms with van der Waals surface area (Å²) in [4.78, 5) is 23.3. The molecule has 0 saturated heterocycles. The molecule has 0 aliphatic heterocycles. The highest BCUT2D eigenvalue weighted by molar-refractivity contribution is 7.80. The quantitative estimate of drug-likeness (QED) is 0.472. The van der Waals surface area contributed by atoms with E-state index in [-0.39, 0.29) is 10.8 Å². The van der Waals surface area contributed by atoms with Gasteiger partial charge in [-0.3, -0.25) is 4.98 Å². The van der Waals surface area contributed by atoms with Crippen LogP contribution < -0.4 is 0 Å². The van der Waals surface area contributed by atoms with Crippen LogP contribution in [-0.2, 0) is 0 Å². The lowest BCUT2D eigenvalue weighted by atomic mass is 10.1. The Morgan fingerprint density at radius 2 is 1.81 bits per heavy atom. The van der Waals surface area contributed by atoms with Crippen LogP contribution >= 0.6 is 12.6 Å². The van der Waals surface area contributed by atoms with E-state index in [1.807, 2.05) is 36.4 Å². The van der Waals surface area contributed by atoms with Crippen molar-refractivity contribution in [1.82, 2.24) is 15.0 Å². The molecule has 2 aromatic carbocycles. The number of thiol groups is 1. The number of carbonyl (C=O) groups is 1. The number of nitrogens with one attached hydrogen (secondary N) is 1. The lowest BCUT2D eigenvalue weighted by Gasteiger charge is -2.11. The minimum atomic E-state index is -0.944. The van der Waals surface area contributed by atoms with Crippen molar-refractivity contribution >= 4 is 29.6 Å². The Labute approximate surface area is 155 Å². The number of hydrogen-bond donors (Lipinski definition) is 3. The molecule has 2 N–H and O–H groups in total. The number of aromatic carboxylic acids is 1. The van der Waals surface area contributed by atoms with Crippen molar-refractivity contribution in [2.24, 2.45) is 0 Å². The number of rotatable bonds is 4. The number of hydrogen-bond acceptors (Lipinski definition) is 4. The van der Waals surface area contributed by atoms with Crippen LogP contribution in [0.5, 0.6) is 0 Å². The number of carboxylic acids is 1. The summed E-state index contributed by atoms with van der Waals surface area (Å²) < 4.78 is 0. The Morgan fingerprint density at radius 1 is 1.04 bits per heavy atom. The van der Waals surface area contributed by atoms with Gasteiger partial charge >= 0.3 is 5.97 Å². The highest BCUT2D eigenvalue weighted by Gasteiger charge is 2.13. The molecule has 4 rings (SSSR count). The van der Waals surface area contributed by atoms with E-state index < -0.39 is 5.97 Å². The van der Waals surface area contributed by atoms with Gasteiger partial charge in [0.2, 0.25) is 0 Å². The minimum Gasteiger partial charge on any atom is -0.478 e. The Kier molecular flexibility index (Phi) is 4.18. The van der Waals surface area contributed by atoms with Crippen LogP contribution in [-0.4, -0.2) is 26.0 Å². The van der Waals surface area contributed by atoms with E-state index >= 15 is 0 Å². The first-order valence-electron chi connectivity index (χ1n) is 8.04. The van der Waals surface area contributed by atoms with Gasteiger partial charge in [0.15, 0.2) is 0 Å². The molecule has 6 heteroatoms. The van der Waals surface area contributed by atoms with Gasteiger partial charge < -0.3 is 10.1 Å². The second-order valence-electron chi connectivity index (χ2n) is 5.90. The first-order valence-corrected chi connectivity index (χ1v) is 8.56. The molecule has 0 aliphatic carbocycles. The first kappa shape index (κ1) is 16.4. The average Bonchev–Trinajstić information content (AvgIpc) is 3.12. The lowest BCUT2D eigenvalue weighted by molar-refractivity contribution is 0.0697. The molecule has 1 atom stereocenters. The summed E-state index contributed by atoms with van der Waals surface area (Å²) in [6.45, 7) is 0. The molecule has 0 spiro atoms. The van der Waals surface area contributed by atoms with Crippen LogP contribution in [0.15, 0.2) is 66.9 Å². The standard InChI is InChI=1S/C20H15N3O2S/c24-20(25)13-7-5-12(6-8-13)18(26)17-10-9-14(11-21-17)19-22-15-3-1-2-4-16(15)23-19/h1-11,18,26H,(H,22,23)(H,24,25). The number of carboxylic acid groups (broad SMARTS) is 1. The van der Waals surface area contributed by atoms with E-state index in [4.69, 9.17) is 5.11 Å². The maximum atomic E-state index is 10.9. The van der Waals surface area contributed by atoms with Crippen molar-refractivity contribution < 1.29 is 9.90 Å². The maximum absolute atomic E-state index is 10.9. The van der Waals surface area contributed by atoms with E-state index in [9.17, 15) is 4.79 Å². The molecule has 0 bridgehead atoms. The molecule has 1 unspecified atom stereocenters. The Bertz CT molecular complexity index is 1040. The lowest BCUT2D eigenvalue weighted by Crippen LogP contribution is -2.00. The summed E-state index contributed by atoms with van der Waals surface area (Å²) in [7, 11) is 0. The molecule has 0 amide bonds. The van der Waals surface area contributed by atoms with Crippen molar-refractivity contribution in [1.29, 1.82) is 0 Å². The fourth-order valence-corrected chi connectivity index (χ4v) is 3.10. The zero-order chi connectivity index (χ0) is 18.1. The number of imidazole rings is 1. The van der Waals surface area contributed by atoms with Gasteiger partial charge in [0, 0.05) is 11.8 Å². The SMILES string of the molecule is O=C(O)c1ccc(C(S)c2ccc(-c3nc4ccccc4[nH]3)cn2)cc1. The van der Waals surface area contributed by atoms with Crippen molar-refractivity contribution in [2.75, 3.05) is 0 Å². The summed E-state index contributed by atoms with van der Waals surface area (Å²) in [5, 5.41) is 8.75. The van der Waals surface area contributed by atoms with Crippen LogP contribution in [0.1, 0.15) is 26.9 Å². The Balaban J connectivity index is 1.59. The van der Waals surface area contributed by atoms with E-state index in [0.29, 0.717) is 0 Å². The summed E-state index contributed by atoms with van der Waals surface area (Å²) in [6.07, 6.45) is 1.77. The number of aromatic nitrogens is 3. The second kappa shape index (κ2) is 6.65. The third-order valence-corrected chi connectivity index (χ3v) is 4.77. The predicted octanol–water partition coefficient (Wildman–Crippen LogP) is 4.34. The van der Waals surface area contributed by atoms with Crippen LogP contribution in [0.25, 0.3) is 22.4 Å². The molecule has 0 radical (unpaired) electrons. The van der Waals surface area contributed by atoms with E-state index in [1.54, 1.807) is 30.5 Å². The fourth-order valence-electron chi connectivity index (χ4n) is 2.78. The highest BCUT2D eigenvalue weighted by Crippen LogP contribution is 2.28. The van der Waals surface area contributed by atoms with Gasteiger partial charge in [-0.15, -0.1) is 0 Å². The van der Waals surface area contributed by atoms with Crippen LogP contribution in [0.4, 0.5) is 0 Å². The van der Waals surface area contributed by atoms with Gasteiger partial charge in [-0.2, -0.15) is 12.6 Å². The fraction of sp³-hybridized carbons (Fsp3) is 0.0500. The van der Waals surface area contributed by atoms with Gasteiger partial charge in [-0.1, -0.05) is 24.3 Å². The van der Waals surface area contributed by atoms with Crippen molar-refractivity contribution in [3.63, 3.8) is 0 Å². The van der Waals surface area contributed by atoms with Gasteiger partial charge in [0.05, 0.1) is 27.5 Å². The van der Waals surface area contributed by atoms with Crippen molar-refractivity contribution in [2.45, 2.75) is 5.25 Å². The number of nitrogens with zero attached hydrogens (tertiary/aromatic N) is 2. The van der Waals surface area contributed by atoms with Crippen molar-refractivity contribution in [3.05, 3.63) is 83.7 Å². The molecule has 26 heavy (non-hydrogen) atoms. The van der Waals surface area contributed by atoms with Crippen LogP contribution in [0.2, 0.25) is 0 Å². The molecular formula is C20H15N3O2S. The number of H-pyrrole nitrogens is 1. The average molecular weight is 361 g/mol. The number of fused-ring (bicyclic) bond motifs is 1. The summed E-state index contributed by atoms with van der Waals surface area (Å²) >= 11 is 4.62. The van der Waals surface area contributed by atoms with Gasteiger partial charge in [0.25, 0.3) is 0 Å². The van der Waals surface area contributed by atoms with Crippen LogP contribution in [0.3, 0.4) is 0 Å². The molecule has 0 fully saturated rings. The molecule has 0 aliphatic rings. The van der Waals surface area contributed by atoms with Crippen LogP contribution in [0, 0.1) is 0 Å². The number of para-hydroxylation sites is 2. The van der Waals surface area contributed by atoms with E-state index in [1.165, 1.54) is 0 Å². The number of pyridine rings is 1. The predicted molar refractivity (Wildman–Crippen MR) is 104 cm³/mol. The van der Waals surface area contributed by atoms with E-state index in [0.717, 1.165) is 33.7 Å². The molecule has 2 heterocycles. The zero-order valence-corrected chi connectivity index (χ0v) is 14.5. The summed E-state index contributed by atoms with van der Waals surface area (Å²) in [6, 6.07) is 18.4. The Hall–Kier alpha value is -3.12. The van der Waals surface area contributed by atoms with Gasteiger partial charge in [-0.25, -0.2) is 9.78 Å². The third-order valence-electron chi connectivity index (χ3n) is 4.20. The summed E-state index contributed by atoms with van der Waals surface area (Å²) in [5.74, 6) is -0.174. The maximum Gasteiger partial charge on any atom is 0.335 e.